The molecule has 88 valence electrons. The summed E-state index contributed by atoms with van der Waals surface area (Å²) in [4.78, 5) is 0. The second-order valence-corrected chi connectivity index (χ2v) is 6.21. The molecule has 1 heteroatoms. The summed E-state index contributed by atoms with van der Waals surface area (Å²) in [6, 6.07) is 0. The molecule has 5 unspecified atom stereocenters. The van der Waals surface area contributed by atoms with Crippen LogP contribution >= 0.6 is 0 Å². The van der Waals surface area contributed by atoms with Crippen LogP contribution in [0.2, 0.25) is 0 Å². The van der Waals surface area contributed by atoms with Crippen molar-refractivity contribution in [2.75, 3.05) is 0 Å². The first kappa shape index (κ1) is 11.4. The van der Waals surface area contributed by atoms with Crippen LogP contribution in [0.25, 0.3) is 0 Å². The Kier molecular flexibility index (Phi) is 3.39. The van der Waals surface area contributed by atoms with E-state index in [0.29, 0.717) is 11.8 Å². The third kappa shape index (κ3) is 2.55. The predicted molar refractivity (Wildman–Crippen MR) is 63.6 cm³/mol. The molecule has 1 N–H and O–H groups in total. The van der Waals surface area contributed by atoms with E-state index in [2.05, 4.69) is 20.8 Å². The lowest BCUT2D eigenvalue weighted by Crippen LogP contribution is -2.34. The Morgan fingerprint density at radius 2 is 1.53 bits per heavy atom. The Bertz CT molecular complexity index is 209. The van der Waals surface area contributed by atoms with Crippen LogP contribution in [0.4, 0.5) is 0 Å². The molecule has 0 amide bonds. The molecule has 0 spiro atoms. The molecule has 15 heavy (non-hydrogen) atoms. The van der Waals surface area contributed by atoms with Gasteiger partial charge in [-0.1, -0.05) is 27.2 Å². The van der Waals surface area contributed by atoms with E-state index in [1.807, 2.05) is 0 Å². The minimum atomic E-state index is -0.0209. The van der Waals surface area contributed by atoms with E-state index >= 15 is 0 Å². The number of aliphatic hydroxyl groups excluding tert-OH is 1. The first-order valence-corrected chi connectivity index (χ1v) is 6.77. The van der Waals surface area contributed by atoms with Crippen LogP contribution < -0.4 is 0 Å². The van der Waals surface area contributed by atoms with Crippen molar-refractivity contribution in [1.82, 2.24) is 0 Å². The van der Waals surface area contributed by atoms with Gasteiger partial charge in [0.05, 0.1) is 6.10 Å². The standard InChI is InChI=1S/C14H26O/c1-9-4-5-13(8-10(9)2)14(15)11(3)12-6-7-12/h9-15H,4-8H2,1-3H3. The lowest BCUT2D eigenvalue weighted by atomic mass is 9.71. The Labute approximate surface area is 94.3 Å². The quantitative estimate of drug-likeness (QED) is 0.756. The summed E-state index contributed by atoms with van der Waals surface area (Å²) in [7, 11) is 0. The van der Waals surface area contributed by atoms with Gasteiger partial charge in [-0.2, -0.15) is 0 Å². The molecule has 0 aromatic carbocycles. The van der Waals surface area contributed by atoms with Gasteiger partial charge >= 0.3 is 0 Å². The van der Waals surface area contributed by atoms with Gasteiger partial charge in [-0.05, 0) is 55.3 Å². The Morgan fingerprint density at radius 3 is 2.07 bits per heavy atom. The van der Waals surface area contributed by atoms with E-state index in [-0.39, 0.29) is 6.10 Å². The normalized spacial score (nSPS) is 41.2. The third-order valence-electron chi connectivity index (χ3n) is 5.03. The van der Waals surface area contributed by atoms with Gasteiger partial charge in [-0.15, -0.1) is 0 Å². The lowest BCUT2D eigenvalue weighted by Gasteiger charge is -2.36. The first-order valence-electron chi connectivity index (χ1n) is 6.77. The van der Waals surface area contributed by atoms with Crippen LogP contribution in [0.5, 0.6) is 0 Å². The molecule has 0 radical (unpaired) electrons. The Balaban J connectivity index is 1.87. The maximum Gasteiger partial charge on any atom is 0.0596 e. The summed E-state index contributed by atoms with van der Waals surface area (Å²) in [6.07, 6.45) is 6.52. The topological polar surface area (TPSA) is 20.2 Å². The van der Waals surface area contributed by atoms with Gasteiger partial charge in [0, 0.05) is 0 Å². The molecular formula is C14H26O. The molecule has 0 aliphatic heterocycles. The van der Waals surface area contributed by atoms with Crippen molar-refractivity contribution >= 4 is 0 Å². The highest BCUT2D eigenvalue weighted by atomic mass is 16.3. The van der Waals surface area contributed by atoms with Crippen molar-refractivity contribution in [1.29, 1.82) is 0 Å². The van der Waals surface area contributed by atoms with E-state index in [9.17, 15) is 5.11 Å². The van der Waals surface area contributed by atoms with Crippen LogP contribution in [0, 0.1) is 29.6 Å². The van der Waals surface area contributed by atoms with Gasteiger partial charge in [0.2, 0.25) is 0 Å². The summed E-state index contributed by atoms with van der Waals surface area (Å²) in [5.74, 6) is 3.66. The fourth-order valence-electron chi connectivity index (χ4n) is 3.23. The molecule has 2 aliphatic carbocycles. The highest BCUT2D eigenvalue weighted by molar-refractivity contribution is 4.88. The van der Waals surface area contributed by atoms with Crippen molar-refractivity contribution in [3.05, 3.63) is 0 Å². The molecule has 2 fully saturated rings. The summed E-state index contributed by atoms with van der Waals surface area (Å²) < 4.78 is 0. The molecular weight excluding hydrogens is 184 g/mol. The average molecular weight is 210 g/mol. The minimum absolute atomic E-state index is 0.0209. The van der Waals surface area contributed by atoms with E-state index in [0.717, 1.165) is 17.8 Å². The molecule has 0 saturated heterocycles. The van der Waals surface area contributed by atoms with Gasteiger partial charge in [-0.25, -0.2) is 0 Å². The average Bonchev–Trinajstić information content (AvgIpc) is 3.03. The van der Waals surface area contributed by atoms with E-state index in [1.165, 1.54) is 32.1 Å². The van der Waals surface area contributed by atoms with Crippen molar-refractivity contribution in [2.45, 2.75) is 59.0 Å². The number of aliphatic hydroxyl groups is 1. The monoisotopic (exact) mass is 210 g/mol. The Morgan fingerprint density at radius 1 is 0.933 bits per heavy atom. The van der Waals surface area contributed by atoms with Gasteiger partial charge in [0.25, 0.3) is 0 Å². The first-order chi connectivity index (χ1) is 7.09. The van der Waals surface area contributed by atoms with Crippen molar-refractivity contribution in [3.63, 3.8) is 0 Å². The van der Waals surface area contributed by atoms with E-state index in [4.69, 9.17) is 0 Å². The van der Waals surface area contributed by atoms with E-state index < -0.39 is 0 Å². The van der Waals surface area contributed by atoms with Gasteiger partial charge in [0.1, 0.15) is 0 Å². The van der Waals surface area contributed by atoms with Crippen LogP contribution in [0.1, 0.15) is 52.9 Å². The lowest BCUT2D eigenvalue weighted by molar-refractivity contribution is 0.0128. The summed E-state index contributed by atoms with van der Waals surface area (Å²) in [5.41, 5.74) is 0. The zero-order valence-corrected chi connectivity index (χ0v) is 10.4. The van der Waals surface area contributed by atoms with Crippen molar-refractivity contribution in [3.8, 4) is 0 Å². The van der Waals surface area contributed by atoms with Gasteiger partial charge in [-0.3, -0.25) is 0 Å². The number of rotatable bonds is 3. The van der Waals surface area contributed by atoms with Crippen LogP contribution in [-0.2, 0) is 0 Å². The molecule has 0 aromatic rings. The minimum Gasteiger partial charge on any atom is -0.393 e. The van der Waals surface area contributed by atoms with Gasteiger partial charge < -0.3 is 5.11 Å². The Hall–Kier alpha value is -0.0400. The SMILES string of the molecule is CC1CCC(C(O)C(C)C2CC2)CC1C. The van der Waals surface area contributed by atoms with Crippen LogP contribution in [-0.4, -0.2) is 11.2 Å². The summed E-state index contributed by atoms with van der Waals surface area (Å²) in [6.45, 7) is 6.97. The van der Waals surface area contributed by atoms with Crippen LogP contribution in [0.15, 0.2) is 0 Å². The fraction of sp³-hybridized carbons (Fsp3) is 1.00. The van der Waals surface area contributed by atoms with Crippen molar-refractivity contribution in [2.24, 2.45) is 29.6 Å². The maximum atomic E-state index is 10.4. The molecule has 2 aliphatic rings. The van der Waals surface area contributed by atoms with E-state index in [1.54, 1.807) is 0 Å². The third-order valence-corrected chi connectivity index (χ3v) is 5.03. The van der Waals surface area contributed by atoms with Crippen LogP contribution in [0.3, 0.4) is 0 Å². The molecule has 2 rings (SSSR count). The highest BCUT2D eigenvalue weighted by Gasteiger charge is 2.38. The highest BCUT2D eigenvalue weighted by Crippen LogP contribution is 2.43. The molecule has 0 aromatic heterocycles. The smallest absolute Gasteiger partial charge is 0.0596 e. The number of hydrogen-bond donors (Lipinski definition) is 1. The summed E-state index contributed by atoms with van der Waals surface area (Å²) >= 11 is 0. The fourth-order valence-corrected chi connectivity index (χ4v) is 3.23. The second kappa shape index (κ2) is 4.45. The zero-order valence-electron chi connectivity index (χ0n) is 10.4. The number of hydrogen-bond acceptors (Lipinski definition) is 1. The molecule has 2 saturated carbocycles. The van der Waals surface area contributed by atoms with Crippen molar-refractivity contribution < 1.29 is 5.11 Å². The second-order valence-electron chi connectivity index (χ2n) is 6.21. The van der Waals surface area contributed by atoms with Gasteiger partial charge in [0.15, 0.2) is 0 Å². The zero-order chi connectivity index (χ0) is 11.0. The molecule has 1 nitrogen and oxygen atoms in total. The molecule has 0 heterocycles. The summed E-state index contributed by atoms with van der Waals surface area (Å²) in [5, 5.41) is 10.4. The molecule has 5 atom stereocenters. The maximum absolute atomic E-state index is 10.4. The largest absolute Gasteiger partial charge is 0.393 e. The molecule has 0 bridgehead atoms. The predicted octanol–water partition coefficient (Wildman–Crippen LogP) is 3.47.